The molecule has 0 amide bonds. The molecule has 0 saturated carbocycles. The van der Waals surface area contributed by atoms with E-state index in [4.69, 9.17) is 24.2 Å². The third-order valence-electron chi connectivity index (χ3n) is 4.59. The molecule has 1 aliphatic heterocycles. The summed E-state index contributed by atoms with van der Waals surface area (Å²) >= 11 is 0. The summed E-state index contributed by atoms with van der Waals surface area (Å²) in [6.07, 6.45) is 3.29. The molecule has 0 spiro atoms. The maximum Gasteiger partial charge on any atom is 0.178 e. The van der Waals surface area contributed by atoms with Crippen LogP contribution >= 0.6 is 0 Å². The SMILES string of the molecule is COc1ccc(OC)c(Cc2cccc(-c3ncc4c(n3)CCOC4)n2)c1. The standard InChI is InChI=1S/C21H21N3O3/c1-25-17-6-7-20(26-2)14(11-17)10-16-4-3-5-19(23-16)21-22-12-15-13-27-9-8-18(15)24-21/h3-7,11-12H,8-10,13H2,1-2H3. The van der Waals surface area contributed by atoms with Crippen molar-refractivity contribution in [2.24, 2.45) is 0 Å². The molecule has 0 fully saturated rings. The summed E-state index contributed by atoms with van der Waals surface area (Å²) in [5.74, 6) is 2.25. The first-order valence-corrected chi connectivity index (χ1v) is 8.86. The largest absolute Gasteiger partial charge is 0.497 e. The van der Waals surface area contributed by atoms with Crippen LogP contribution in [-0.4, -0.2) is 35.8 Å². The molecule has 27 heavy (non-hydrogen) atoms. The number of hydrogen-bond donors (Lipinski definition) is 0. The maximum absolute atomic E-state index is 5.47. The molecule has 6 heteroatoms. The van der Waals surface area contributed by atoms with Crippen molar-refractivity contribution in [3.63, 3.8) is 0 Å². The van der Waals surface area contributed by atoms with Crippen molar-refractivity contribution >= 4 is 0 Å². The van der Waals surface area contributed by atoms with Crippen molar-refractivity contribution < 1.29 is 14.2 Å². The Morgan fingerprint density at radius 2 is 2.00 bits per heavy atom. The second-order valence-electron chi connectivity index (χ2n) is 6.34. The summed E-state index contributed by atoms with van der Waals surface area (Å²) < 4.78 is 16.3. The second kappa shape index (κ2) is 7.72. The molecule has 0 atom stereocenters. The first-order valence-electron chi connectivity index (χ1n) is 8.86. The summed E-state index contributed by atoms with van der Waals surface area (Å²) in [6, 6.07) is 11.7. The van der Waals surface area contributed by atoms with Crippen molar-refractivity contribution in [3.8, 4) is 23.0 Å². The van der Waals surface area contributed by atoms with Gasteiger partial charge >= 0.3 is 0 Å². The highest BCUT2D eigenvalue weighted by Crippen LogP contribution is 2.26. The van der Waals surface area contributed by atoms with E-state index in [1.54, 1.807) is 14.2 Å². The minimum atomic E-state index is 0.582. The molecule has 1 aromatic carbocycles. The number of methoxy groups -OCH3 is 2. The summed E-state index contributed by atoms with van der Waals surface area (Å²) in [4.78, 5) is 13.9. The molecule has 0 N–H and O–H groups in total. The number of benzene rings is 1. The van der Waals surface area contributed by atoms with Crippen LogP contribution in [0.5, 0.6) is 11.5 Å². The smallest absolute Gasteiger partial charge is 0.178 e. The van der Waals surface area contributed by atoms with Crippen LogP contribution in [0.25, 0.3) is 11.5 Å². The average Bonchev–Trinajstić information content (AvgIpc) is 2.73. The van der Waals surface area contributed by atoms with Crippen molar-refractivity contribution in [1.82, 2.24) is 15.0 Å². The normalized spacial score (nSPS) is 13.1. The van der Waals surface area contributed by atoms with Crippen molar-refractivity contribution in [2.45, 2.75) is 19.4 Å². The van der Waals surface area contributed by atoms with E-state index in [0.29, 0.717) is 25.5 Å². The first-order chi connectivity index (χ1) is 13.3. The van der Waals surface area contributed by atoms with E-state index in [1.165, 1.54) is 0 Å². The van der Waals surface area contributed by atoms with Gasteiger partial charge in [0, 0.05) is 35.9 Å². The van der Waals surface area contributed by atoms with Crippen LogP contribution in [0.2, 0.25) is 0 Å². The highest BCUT2D eigenvalue weighted by molar-refractivity contribution is 5.50. The van der Waals surface area contributed by atoms with Gasteiger partial charge in [0.2, 0.25) is 0 Å². The van der Waals surface area contributed by atoms with Gasteiger partial charge in [-0.05, 0) is 30.3 Å². The topological polar surface area (TPSA) is 66.4 Å². The van der Waals surface area contributed by atoms with Crippen molar-refractivity contribution in [3.05, 3.63) is 65.1 Å². The number of hydrogen-bond acceptors (Lipinski definition) is 6. The minimum absolute atomic E-state index is 0.582. The number of nitrogens with zero attached hydrogens (tertiary/aromatic N) is 3. The molecule has 0 saturated heterocycles. The van der Waals surface area contributed by atoms with Gasteiger partial charge < -0.3 is 14.2 Å². The summed E-state index contributed by atoms with van der Waals surface area (Å²) in [5.41, 5.74) is 4.81. The molecule has 0 unspecified atom stereocenters. The molecule has 3 aromatic rings. The van der Waals surface area contributed by atoms with Gasteiger partial charge in [0.15, 0.2) is 5.82 Å². The molecule has 1 aliphatic rings. The van der Waals surface area contributed by atoms with E-state index in [9.17, 15) is 0 Å². The fourth-order valence-corrected chi connectivity index (χ4v) is 3.17. The lowest BCUT2D eigenvalue weighted by Gasteiger charge is -2.15. The van der Waals surface area contributed by atoms with Crippen LogP contribution in [0.1, 0.15) is 22.5 Å². The van der Waals surface area contributed by atoms with E-state index in [2.05, 4.69) is 4.98 Å². The average molecular weight is 363 g/mol. The summed E-state index contributed by atoms with van der Waals surface area (Å²) in [7, 11) is 3.32. The second-order valence-corrected chi connectivity index (χ2v) is 6.34. The van der Waals surface area contributed by atoms with E-state index >= 15 is 0 Å². The van der Waals surface area contributed by atoms with Crippen LogP contribution in [0.15, 0.2) is 42.6 Å². The lowest BCUT2D eigenvalue weighted by atomic mass is 10.1. The third kappa shape index (κ3) is 3.75. The number of pyridine rings is 1. The van der Waals surface area contributed by atoms with Gasteiger partial charge in [-0.3, -0.25) is 0 Å². The molecule has 3 heterocycles. The lowest BCUT2D eigenvalue weighted by Crippen LogP contribution is -2.13. The Morgan fingerprint density at radius 1 is 1.07 bits per heavy atom. The molecule has 0 radical (unpaired) electrons. The van der Waals surface area contributed by atoms with E-state index in [-0.39, 0.29) is 0 Å². The van der Waals surface area contributed by atoms with Gasteiger partial charge in [0.05, 0.1) is 33.1 Å². The zero-order valence-corrected chi connectivity index (χ0v) is 15.4. The Balaban J connectivity index is 1.64. The van der Waals surface area contributed by atoms with Gasteiger partial charge in [-0.15, -0.1) is 0 Å². The maximum atomic E-state index is 5.47. The lowest BCUT2D eigenvalue weighted by molar-refractivity contribution is 0.109. The Bertz CT molecular complexity index is 959. The Morgan fingerprint density at radius 3 is 2.85 bits per heavy atom. The number of rotatable bonds is 5. The molecule has 0 aliphatic carbocycles. The molecule has 4 rings (SSSR count). The molecule has 0 bridgehead atoms. The fourth-order valence-electron chi connectivity index (χ4n) is 3.17. The number of aromatic nitrogens is 3. The number of fused-ring (bicyclic) bond motifs is 1. The Labute approximate surface area is 158 Å². The van der Waals surface area contributed by atoms with Gasteiger partial charge in [-0.25, -0.2) is 15.0 Å². The monoisotopic (exact) mass is 363 g/mol. The van der Waals surface area contributed by atoms with E-state index in [0.717, 1.165) is 46.1 Å². The van der Waals surface area contributed by atoms with Crippen LogP contribution < -0.4 is 9.47 Å². The predicted octanol–water partition coefficient (Wildman–Crippen LogP) is 3.22. The third-order valence-corrected chi connectivity index (χ3v) is 4.59. The summed E-state index contributed by atoms with van der Waals surface area (Å²) in [5, 5.41) is 0. The minimum Gasteiger partial charge on any atom is -0.497 e. The van der Waals surface area contributed by atoms with Crippen LogP contribution in [-0.2, 0) is 24.2 Å². The highest BCUT2D eigenvalue weighted by Gasteiger charge is 2.14. The molecule has 138 valence electrons. The fraction of sp³-hybridized carbons (Fsp3) is 0.286. The van der Waals surface area contributed by atoms with E-state index < -0.39 is 0 Å². The predicted molar refractivity (Wildman–Crippen MR) is 101 cm³/mol. The van der Waals surface area contributed by atoms with Gasteiger partial charge in [-0.2, -0.15) is 0 Å². The zero-order chi connectivity index (χ0) is 18.6. The van der Waals surface area contributed by atoms with Gasteiger partial charge in [-0.1, -0.05) is 6.07 Å². The Kier molecular flexibility index (Phi) is 4.98. The van der Waals surface area contributed by atoms with Gasteiger partial charge in [0.1, 0.15) is 17.2 Å². The van der Waals surface area contributed by atoms with Crippen LogP contribution in [0.4, 0.5) is 0 Å². The van der Waals surface area contributed by atoms with Crippen LogP contribution in [0, 0.1) is 0 Å². The molecular weight excluding hydrogens is 342 g/mol. The quantitative estimate of drug-likeness (QED) is 0.693. The molecule has 6 nitrogen and oxygen atoms in total. The molecular formula is C21H21N3O3. The first kappa shape index (κ1) is 17.4. The van der Waals surface area contributed by atoms with Gasteiger partial charge in [0.25, 0.3) is 0 Å². The van der Waals surface area contributed by atoms with Crippen molar-refractivity contribution in [1.29, 1.82) is 0 Å². The molecule has 2 aromatic heterocycles. The van der Waals surface area contributed by atoms with Crippen molar-refractivity contribution in [2.75, 3.05) is 20.8 Å². The Hall–Kier alpha value is -2.99. The summed E-state index contributed by atoms with van der Waals surface area (Å²) in [6.45, 7) is 1.28. The van der Waals surface area contributed by atoms with Crippen LogP contribution in [0.3, 0.4) is 0 Å². The highest BCUT2D eigenvalue weighted by atomic mass is 16.5. The number of ether oxygens (including phenoxy) is 3. The van der Waals surface area contributed by atoms with E-state index in [1.807, 2.05) is 42.6 Å². The zero-order valence-electron chi connectivity index (χ0n) is 15.4.